The third-order valence-electron chi connectivity index (χ3n) is 3.16. The Morgan fingerprint density at radius 1 is 1.35 bits per heavy atom. The molecule has 7 heteroatoms. The summed E-state index contributed by atoms with van der Waals surface area (Å²) in [7, 11) is 0. The van der Waals surface area contributed by atoms with E-state index in [1.54, 1.807) is 24.3 Å². The second kappa shape index (κ2) is 8.17. The highest BCUT2D eigenvalue weighted by molar-refractivity contribution is 5.94. The van der Waals surface area contributed by atoms with Gasteiger partial charge in [-0.25, -0.2) is 0 Å². The van der Waals surface area contributed by atoms with Crippen LogP contribution >= 0.6 is 12.4 Å². The lowest BCUT2D eigenvalue weighted by Gasteiger charge is -2.18. The normalized spacial score (nSPS) is 13.7. The van der Waals surface area contributed by atoms with Crippen molar-refractivity contribution in [3.05, 3.63) is 24.3 Å². The van der Waals surface area contributed by atoms with Gasteiger partial charge in [0.25, 0.3) is 5.91 Å². The van der Waals surface area contributed by atoms with Crippen molar-refractivity contribution >= 4 is 29.9 Å². The maximum Gasteiger partial charge on any atom is 0.258 e. The fourth-order valence-corrected chi connectivity index (χ4v) is 1.78. The summed E-state index contributed by atoms with van der Waals surface area (Å²) in [6, 6.07) is 7.02. The summed E-state index contributed by atoms with van der Waals surface area (Å²) in [4.78, 5) is 23.4. The first kappa shape index (κ1) is 19.3. The average Bonchev–Trinajstić information content (AvgIpc) is 3.27. The van der Waals surface area contributed by atoms with E-state index in [1.807, 2.05) is 13.8 Å². The number of nitrogens with two attached hydrogens (primary N) is 1. The molecule has 0 aromatic heterocycles. The van der Waals surface area contributed by atoms with Crippen molar-refractivity contribution in [1.29, 1.82) is 0 Å². The first-order chi connectivity index (χ1) is 10.3. The van der Waals surface area contributed by atoms with Crippen molar-refractivity contribution in [2.24, 2.45) is 11.7 Å². The highest BCUT2D eigenvalue weighted by Gasteiger charge is 2.29. The Labute approximate surface area is 142 Å². The number of hydrogen-bond acceptors (Lipinski definition) is 4. The SMILES string of the molecule is CC(C)(N)CNC(=O)COc1cccc(NC(=O)C2CC2)c1.Cl. The van der Waals surface area contributed by atoms with Gasteiger partial charge in [0, 0.05) is 29.8 Å². The first-order valence-corrected chi connectivity index (χ1v) is 7.43. The molecule has 0 unspecified atom stereocenters. The molecule has 1 fully saturated rings. The molecule has 2 amide bonds. The zero-order valence-electron chi connectivity index (χ0n) is 13.4. The molecule has 0 spiro atoms. The van der Waals surface area contributed by atoms with Crippen LogP contribution in [0.5, 0.6) is 5.75 Å². The van der Waals surface area contributed by atoms with Crippen LogP contribution < -0.4 is 21.1 Å². The van der Waals surface area contributed by atoms with Crippen molar-refractivity contribution in [3.63, 3.8) is 0 Å². The van der Waals surface area contributed by atoms with Gasteiger partial charge >= 0.3 is 0 Å². The van der Waals surface area contributed by atoms with E-state index in [-0.39, 0.29) is 36.7 Å². The highest BCUT2D eigenvalue weighted by atomic mass is 35.5. The van der Waals surface area contributed by atoms with E-state index in [0.717, 1.165) is 12.8 Å². The monoisotopic (exact) mass is 341 g/mol. The number of benzene rings is 1. The van der Waals surface area contributed by atoms with Gasteiger partial charge in [0.2, 0.25) is 5.91 Å². The number of nitrogens with one attached hydrogen (secondary N) is 2. The van der Waals surface area contributed by atoms with Crippen LogP contribution in [0.4, 0.5) is 5.69 Å². The first-order valence-electron chi connectivity index (χ1n) is 7.43. The van der Waals surface area contributed by atoms with Crippen LogP contribution in [0.3, 0.4) is 0 Å². The van der Waals surface area contributed by atoms with Gasteiger partial charge in [0.05, 0.1) is 0 Å². The number of anilines is 1. The molecular weight excluding hydrogens is 318 g/mol. The Hall–Kier alpha value is -1.79. The smallest absolute Gasteiger partial charge is 0.258 e. The molecule has 1 aliphatic carbocycles. The topological polar surface area (TPSA) is 93.4 Å². The predicted molar refractivity (Wildman–Crippen MR) is 91.8 cm³/mol. The van der Waals surface area contributed by atoms with Gasteiger partial charge in [-0.05, 0) is 38.8 Å². The van der Waals surface area contributed by atoms with Crippen LogP contribution in [0, 0.1) is 5.92 Å². The molecule has 128 valence electrons. The van der Waals surface area contributed by atoms with E-state index in [0.29, 0.717) is 18.0 Å². The third kappa shape index (κ3) is 7.34. The predicted octanol–water partition coefficient (Wildman–Crippen LogP) is 1.69. The molecule has 1 aromatic carbocycles. The van der Waals surface area contributed by atoms with Crippen molar-refractivity contribution in [3.8, 4) is 5.75 Å². The Balaban J connectivity index is 0.00000264. The number of hydrogen-bond donors (Lipinski definition) is 3. The van der Waals surface area contributed by atoms with Gasteiger partial charge in [-0.2, -0.15) is 0 Å². The fourth-order valence-electron chi connectivity index (χ4n) is 1.78. The largest absolute Gasteiger partial charge is 0.484 e. The van der Waals surface area contributed by atoms with Crippen LogP contribution in [0.15, 0.2) is 24.3 Å². The van der Waals surface area contributed by atoms with E-state index in [9.17, 15) is 9.59 Å². The van der Waals surface area contributed by atoms with Gasteiger partial charge in [-0.15, -0.1) is 12.4 Å². The summed E-state index contributed by atoms with van der Waals surface area (Å²) in [5, 5.41) is 5.55. The number of amides is 2. The number of rotatable bonds is 7. The number of ether oxygens (including phenoxy) is 1. The molecule has 0 radical (unpaired) electrons. The van der Waals surface area contributed by atoms with E-state index >= 15 is 0 Å². The molecule has 0 heterocycles. The lowest BCUT2D eigenvalue weighted by atomic mass is 10.1. The summed E-state index contributed by atoms with van der Waals surface area (Å²) in [5.74, 6) is 0.497. The molecular formula is C16H24ClN3O3. The number of carbonyl (C=O) groups is 2. The van der Waals surface area contributed by atoms with Gasteiger partial charge in [0.1, 0.15) is 5.75 Å². The minimum atomic E-state index is -0.456. The fraction of sp³-hybridized carbons (Fsp3) is 0.500. The molecule has 6 nitrogen and oxygen atoms in total. The Kier molecular flexibility index (Phi) is 6.84. The van der Waals surface area contributed by atoms with Crippen LogP contribution in [0.25, 0.3) is 0 Å². The molecule has 0 atom stereocenters. The Morgan fingerprint density at radius 2 is 2.04 bits per heavy atom. The highest BCUT2D eigenvalue weighted by Crippen LogP contribution is 2.30. The second-order valence-electron chi connectivity index (χ2n) is 6.35. The zero-order chi connectivity index (χ0) is 16.2. The number of halogens is 1. The summed E-state index contributed by atoms with van der Waals surface area (Å²) >= 11 is 0. The minimum Gasteiger partial charge on any atom is -0.484 e. The van der Waals surface area contributed by atoms with Crippen molar-refractivity contribution in [2.45, 2.75) is 32.2 Å². The summed E-state index contributed by atoms with van der Waals surface area (Å²) in [6.45, 7) is 3.96. The molecule has 0 bridgehead atoms. The summed E-state index contributed by atoms with van der Waals surface area (Å²) in [5.41, 5.74) is 6.01. The van der Waals surface area contributed by atoms with Crippen molar-refractivity contribution in [2.75, 3.05) is 18.5 Å². The summed E-state index contributed by atoms with van der Waals surface area (Å²) < 4.78 is 5.43. The Bertz CT molecular complexity index is 554. The molecule has 2 rings (SSSR count). The molecule has 1 saturated carbocycles. The lowest BCUT2D eigenvalue weighted by molar-refractivity contribution is -0.123. The maximum absolute atomic E-state index is 11.7. The van der Waals surface area contributed by atoms with Crippen LogP contribution in [-0.2, 0) is 9.59 Å². The van der Waals surface area contributed by atoms with Gasteiger partial charge in [-0.3, -0.25) is 9.59 Å². The Morgan fingerprint density at radius 3 is 2.65 bits per heavy atom. The summed E-state index contributed by atoms with van der Waals surface area (Å²) in [6.07, 6.45) is 1.92. The molecule has 4 N–H and O–H groups in total. The average molecular weight is 342 g/mol. The van der Waals surface area contributed by atoms with Crippen LogP contribution in [-0.4, -0.2) is 30.5 Å². The maximum atomic E-state index is 11.7. The van der Waals surface area contributed by atoms with E-state index in [2.05, 4.69) is 10.6 Å². The standard InChI is InChI=1S/C16H23N3O3.ClH/c1-16(2,17)10-18-14(20)9-22-13-5-3-4-12(8-13)19-15(21)11-6-7-11;/h3-5,8,11H,6-7,9-10,17H2,1-2H3,(H,18,20)(H,19,21);1H. The van der Waals surface area contributed by atoms with Gasteiger partial charge in [-0.1, -0.05) is 6.07 Å². The molecule has 0 aliphatic heterocycles. The van der Waals surface area contributed by atoms with Gasteiger partial charge < -0.3 is 21.1 Å². The van der Waals surface area contributed by atoms with E-state index < -0.39 is 5.54 Å². The molecule has 1 aromatic rings. The number of carbonyl (C=O) groups excluding carboxylic acids is 2. The van der Waals surface area contributed by atoms with E-state index in [1.165, 1.54) is 0 Å². The third-order valence-corrected chi connectivity index (χ3v) is 3.16. The van der Waals surface area contributed by atoms with Crippen molar-refractivity contribution < 1.29 is 14.3 Å². The van der Waals surface area contributed by atoms with Crippen LogP contribution in [0.2, 0.25) is 0 Å². The minimum absolute atomic E-state index is 0. The lowest BCUT2D eigenvalue weighted by Crippen LogP contribution is -2.46. The van der Waals surface area contributed by atoms with Crippen LogP contribution in [0.1, 0.15) is 26.7 Å². The van der Waals surface area contributed by atoms with E-state index in [4.69, 9.17) is 10.5 Å². The molecule has 0 saturated heterocycles. The second-order valence-corrected chi connectivity index (χ2v) is 6.35. The quantitative estimate of drug-likeness (QED) is 0.703. The van der Waals surface area contributed by atoms with Gasteiger partial charge in [0.15, 0.2) is 6.61 Å². The zero-order valence-corrected chi connectivity index (χ0v) is 14.2. The van der Waals surface area contributed by atoms with Crippen molar-refractivity contribution in [1.82, 2.24) is 5.32 Å². The molecule has 1 aliphatic rings. The molecule has 23 heavy (non-hydrogen) atoms.